The standard InChI is InChI=1S/C17H24N2O3S/c1-13(2)17(3,12-18)19-16(20)11-23-10-9-22-15-7-5-14(21-4)6-8-15/h5-8,13H,9-11H2,1-4H3,(H,19,20)/t17-/m0/s1. The van der Waals surface area contributed by atoms with Gasteiger partial charge in [-0.25, -0.2) is 0 Å². The minimum Gasteiger partial charge on any atom is -0.497 e. The third-order valence-electron chi connectivity index (χ3n) is 3.58. The van der Waals surface area contributed by atoms with Crippen molar-refractivity contribution in [2.45, 2.75) is 26.3 Å². The second-order valence-corrected chi connectivity index (χ2v) is 6.70. The molecule has 0 aliphatic carbocycles. The number of nitriles is 1. The Bertz CT molecular complexity index is 540. The maximum Gasteiger partial charge on any atom is 0.231 e. The number of ether oxygens (including phenoxy) is 2. The van der Waals surface area contributed by atoms with Gasteiger partial charge in [-0.2, -0.15) is 5.26 Å². The molecule has 1 rings (SSSR count). The highest BCUT2D eigenvalue weighted by atomic mass is 32.2. The van der Waals surface area contributed by atoms with Gasteiger partial charge in [0.05, 0.1) is 25.5 Å². The van der Waals surface area contributed by atoms with Gasteiger partial charge in [0, 0.05) is 5.75 Å². The maximum atomic E-state index is 11.9. The smallest absolute Gasteiger partial charge is 0.231 e. The number of carbonyl (C=O) groups excluding carboxylic acids is 1. The first-order valence-corrected chi connectivity index (χ1v) is 8.63. The van der Waals surface area contributed by atoms with Crippen molar-refractivity contribution in [2.75, 3.05) is 25.2 Å². The molecule has 0 fully saturated rings. The van der Waals surface area contributed by atoms with E-state index in [1.54, 1.807) is 14.0 Å². The molecule has 1 atom stereocenters. The molecule has 23 heavy (non-hydrogen) atoms. The van der Waals surface area contributed by atoms with Gasteiger partial charge in [0.15, 0.2) is 0 Å². The van der Waals surface area contributed by atoms with E-state index in [-0.39, 0.29) is 11.8 Å². The van der Waals surface area contributed by atoms with Crippen LogP contribution in [0.25, 0.3) is 0 Å². The first-order chi connectivity index (χ1) is 10.9. The molecule has 5 nitrogen and oxygen atoms in total. The number of benzene rings is 1. The van der Waals surface area contributed by atoms with Crippen LogP contribution in [-0.4, -0.2) is 36.7 Å². The molecular weight excluding hydrogens is 312 g/mol. The van der Waals surface area contributed by atoms with E-state index in [4.69, 9.17) is 9.47 Å². The quantitative estimate of drug-likeness (QED) is 0.702. The second-order valence-electron chi connectivity index (χ2n) is 5.59. The van der Waals surface area contributed by atoms with Crippen LogP contribution >= 0.6 is 11.8 Å². The van der Waals surface area contributed by atoms with Crippen LogP contribution < -0.4 is 14.8 Å². The Kier molecular flexibility index (Phi) is 7.76. The molecule has 0 aliphatic heterocycles. The Labute approximate surface area is 142 Å². The first kappa shape index (κ1) is 19.2. The minimum atomic E-state index is -0.822. The Morgan fingerprint density at radius 3 is 2.48 bits per heavy atom. The molecule has 0 aliphatic rings. The third-order valence-corrected chi connectivity index (χ3v) is 4.50. The van der Waals surface area contributed by atoms with E-state index >= 15 is 0 Å². The maximum absolute atomic E-state index is 11.9. The van der Waals surface area contributed by atoms with Crippen LogP contribution in [0.3, 0.4) is 0 Å². The molecule has 1 amide bonds. The van der Waals surface area contributed by atoms with E-state index in [1.165, 1.54) is 11.8 Å². The van der Waals surface area contributed by atoms with E-state index in [1.807, 2.05) is 38.1 Å². The Hall–Kier alpha value is -1.87. The number of methoxy groups -OCH3 is 1. The van der Waals surface area contributed by atoms with Gasteiger partial charge in [0.25, 0.3) is 0 Å². The van der Waals surface area contributed by atoms with Gasteiger partial charge >= 0.3 is 0 Å². The fourth-order valence-electron chi connectivity index (χ4n) is 1.68. The number of rotatable bonds is 9. The molecule has 1 N–H and O–H groups in total. The number of thioether (sulfide) groups is 1. The van der Waals surface area contributed by atoms with Crippen LogP contribution in [0, 0.1) is 17.2 Å². The lowest BCUT2D eigenvalue weighted by Gasteiger charge is -2.27. The Morgan fingerprint density at radius 1 is 1.35 bits per heavy atom. The lowest BCUT2D eigenvalue weighted by atomic mass is 9.90. The van der Waals surface area contributed by atoms with Crippen molar-refractivity contribution in [1.29, 1.82) is 5.26 Å². The molecule has 0 aromatic heterocycles. The van der Waals surface area contributed by atoms with Crippen LogP contribution in [0.4, 0.5) is 0 Å². The monoisotopic (exact) mass is 336 g/mol. The third kappa shape index (κ3) is 6.41. The molecule has 0 bridgehead atoms. The largest absolute Gasteiger partial charge is 0.497 e. The number of amides is 1. The summed E-state index contributed by atoms with van der Waals surface area (Å²) in [4.78, 5) is 11.9. The number of hydrogen-bond acceptors (Lipinski definition) is 5. The second kappa shape index (κ2) is 9.31. The lowest BCUT2D eigenvalue weighted by molar-refractivity contribution is -0.120. The van der Waals surface area contributed by atoms with Crippen molar-refractivity contribution in [1.82, 2.24) is 5.32 Å². The zero-order chi connectivity index (χ0) is 17.3. The van der Waals surface area contributed by atoms with Crippen LogP contribution in [0.15, 0.2) is 24.3 Å². The molecular formula is C17H24N2O3S. The molecule has 0 saturated heterocycles. The predicted molar refractivity (Wildman–Crippen MR) is 92.8 cm³/mol. The average Bonchev–Trinajstić information content (AvgIpc) is 2.54. The number of carbonyl (C=O) groups is 1. The predicted octanol–water partition coefficient (Wildman–Crippen LogP) is 2.86. The molecule has 1 aromatic rings. The van der Waals surface area contributed by atoms with Crippen molar-refractivity contribution < 1.29 is 14.3 Å². The summed E-state index contributed by atoms with van der Waals surface area (Å²) in [7, 11) is 1.62. The Balaban J connectivity index is 2.24. The van der Waals surface area contributed by atoms with Gasteiger partial charge in [-0.3, -0.25) is 4.79 Å². The number of nitrogens with one attached hydrogen (secondary N) is 1. The van der Waals surface area contributed by atoms with Crippen LogP contribution in [0.2, 0.25) is 0 Å². The van der Waals surface area contributed by atoms with E-state index in [9.17, 15) is 10.1 Å². The van der Waals surface area contributed by atoms with Crippen LogP contribution in [-0.2, 0) is 4.79 Å². The minimum absolute atomic E-state index is 0.0554. The van der Waals surface area contributed by atoms with Crippen molar-refractivity contribution in [3.8, 4) is 17.6 Å². The van der Waals surface area contributed by atoms with Crippen LogP contribution in [0.5, 0.6) is 11.5 Å². The molecule has 0 unspecified atom stereocenters. The van der Waals surface area contributed by atoms with E-state index < -0.39 is 5.54 Å². The van der Waals surface area contributed by atoms with Gasteiger partial charge in [0.1, 0.15) is 17.0 Å². The van der Waals surface area contributed by atoms with Crippen LogP contribution in [0.1, 0.15) is 20.8 Å². The van der Waals surface area contributed by atoms with Gasteiger partial charge in [0.2, 0.25) is 5.91 Å². The number of hydrogen-bond donors (Lipinski definition) is 1. The highest BCUT2D eigenvalue weighted by Gasteiger charge is 2.29. The summed E-state index contributed by atoms with van der Waals surface area (Å²) in [6, 6.07) is 9.53. The summed E-state index contributed by atoms with van der Waals surface area (Å²) >= 11 is 1.48. The van der Waals surface area contributed by atoms with Gasteiger partial charge in [-0.05, 0) is 37.1 Å². The number of nitrogens with zero attached hydrogens (tertiary/aromatic N) is 1. The van der Waals surface area contributed by atoms with Crippen molar-refractivity contribution >= 4 is 17.7 Å². The summed E-state index contributed by atoms with van der Waals surface area (Å²) < 4.78 is 10.7. The van der Waals surface area contributed by atoms with E-state index in [0.29, 0.717) is 18.1 Å². The summed E-state index contributed by atoms with van der Waals surface area (Å²) in [5, 5.41) is 12.0. The molecule has 0 radical (unpaired) electrons. The summed E-state index contributed by atoms with van der Waals surface area (Å²) in [5.74, 6) is 2.50. The van der Waals surface area contributed by atoms with Gasteiger partial charge < -0.3 is 14.8 Å². The van der Waals surface area contributed by atoms with E-state index in [2.05, 4.69) is 11.4 Å². The average molecular weight is 336 g/mol. The lowest BCUT2D eigenvalue weighted by Crippen LogP contribution is -2.49. The molecule has 6 heteroatoms. The molecule has 0 spiro atoms. The zero-order valence-electron chi connectivity index (χ0n) is 14.1. The topological polar surface area (TPSA) is 71.3 Å². The van der Waals surface area contributed by atoms with Crippen molar-refractivity contribution in [3.05, 3.63) is 24.3 Å². The summed E-state index contributed by atoms with van der Waals surface area (Å²) in [6.07, 6.45) is 0. The first-order valence-electron chi connectivity index (χ1n) is 7.48. The fourth-order valence-corrected chi connectivity index (χ4v) is 2.29. The highest BCUT2D eigenvalue weighted by Crippen LogP contribution is 2.18. The van der Waals surface area contributed by atoms with E-state index in [0.717, 1.165) is 11.5 Å². The molecule has 126 valence electrons. The fraction of sp³-hybridized carbons (Fsp3) is 0.529. The highest BCUT2D eigenvalue weighted by molar-refractivity contribution is 7.99. The van der Waals surface area contributed by atoms with Crippen molar-refractivity contribution in [2.24, 2.45) is 5.92 Å². The van der Waals surface area contributed by atoms with Gasteiger partial charge in [-0.1, -0.05) is 13.8 Å². The van der Waals surface area contributed by atoms with Crippen molar-refractivity contribution in [3.63, 3.8) is 0 Å². The summed E-state index contributed by atoms with van der Waals surface area (Å²) in [6.45, 7) is 6.09. The van der Waals surface area contributed by atoms with Gasteiger partial charge in [-0.15, -0.1) is 11.8 Å². The normalized spacial score (nSPS) is 13.0. The SMILES string of the molecule is COc1ccc(OCCSCC(=O)N[C@@](C)(C#N)C(C)C)cc1. The Morgan fingerprint density at radius 2 is 1.96 bits per heavy atom. The molecule has 0 heterocycles. The summed E-state index contributed by atoms with van der Waals surface area (Å²) in [5.41, 5.74) is -0.822. The zero-order valence-corrected chi connectivity index (χ0v) is 14.9. The molecule has 0 saturated carbocycles. The molecule has 1 aromatic carbocycles.